The Kier molecular flexibility index (Phi) is 5.34. The summed E-state index contributed by atoms with van der Waals surface area (Å²) in [6, 6.07) is 20.5. The van der Waals surface area contributed by atoms with Crippen LogP contribution in [0.1, 0.15) is 34.0 Å². The predicted molar refractivity (Wildman–Crippen MR) is 125 cm³/mol. The maximum atomic E-state index is 6.46. The van der Waals surface area contributed by atoms with E-state index in [1.54, 1.807) is 7.11 Å². The van der Waals surface area contributed by atoms with Crippen molar-refractivity contribution in [2.24, 2.45) is 0 Å². The summed E-state index contributed by atoms with van der Waals surface area (Å²) in [5.74, 6) is 1.72. The number of aromatic nitrogens is 1. The van der Waals surface area contributed by atoms with Crippen molar-refractivity contribution in [2.45, 2.75) is 26.0 Å². The Morgan fingerprint density at radius 1 is 1.06 bits per heavy atom. The number of nitrogens with one attached hydrogen (secondary N) is 2. The smallest absolute Gasteiger partial charge is 0.124 e. The van der Waals surface area contributed by atoms with E-state index in [2.05, 4.69) is 34.6 Å². The largest absolute Gasteiger partial charge is 0.496 e. The number of hydrogen-bond acceptors (Lipinski definition) is 3. The predicted octanol–water partition coefficient (Wildman–Crippen LogP) is 5.95. The minimum absolute atomic E-state index is 0.00196. The van der Waals surface area contributed by atoms with Crippen LogP contribution in [0.15, 0.2) is 60.7 Å². The van der Waals surface area contributed by atoms with Gasteiger partial charge in [0, 0.05) is 33.7 Å². The van der Waals surface area contributed by atoms with Gasteiger partial charge in [0.05, 0.1) is 13.2 Å². The van der Waals surface area contributed by atoms with Crippen LogP contribution in [-0.4, -0.2) is 18.6 Å². The summed E-state index contributed by atoms with van der Waals surface area (Å²) in [5.41, 5.74) is 6.82. The first-order valence-electron chi connectivity index (χ1n) is 10.5. The molecule has 2 heterocycles. The third-order valence-electron chi connectivity index (χ3n) is 5.99. The highest BCUT2D eigenvalue weighted by molar-refractivity contribution is 6.31. The van der Waals surface area contributed by atoms with Crippen molar-refractivity contribution < 1.29 is 9.47 Å². The van der Waals surface area contributed by atoms with Gasteiger partial charge in [-0.3, -0.25) is 0 Å². The minimum Gasteiger partial charge on any atom is -0.496 e. The molecule has 1 atom stereocenters. The molecule has 0 aliphatic carbocycles. The van der Waals surface area contributed by atoms with Crippen LogP contribution in [0, 0.1) is 6.92 Å². The third kappa shape index (κ3) is 3.78. The zero-order valence-electron chi connectivity index (χ0n) is 17.7. The van der Waals surface area contributed by atoms with Crippen molar-refractivity contribution in [1.29, 1.82) is 0 Å². The number of benzene rings is 3. The van der Waals surface area contributed by atoms with Crippen LogP contribution in [0.5, 0.6) is 11.5 Å². The number of rotatable bonds is 5. The molecule has 0 fully saturated rings. The van der Waals surface area contributed by atoms with Crippen molar-refractivity contribution >= 4 is 22.5 Å². The summed E-state index contributed by atoms with van der Waals surface area (Å²) in [6.45, 7) is 3.44. The molecule has 1 unspecified atom stereocenters. The summed E-state index contributed by atoms with van der Waals surface area (Å²) in [5, 5.41) is 5.59. The Morgan fingerprint density at radius 3 is 2.71 bits per heavy atom. The third-order valence-corrected chi connectivity index (χ3v) is 6.40. The molecule has 4 aromatic rings. The summed E-state index contributed by atoms with van der Waals surface area (Å²) in [6.07, 6.45) is 0.954. The fourth-order valence-electron chi connectivity index (χ4n) is 4.38. The first-order valence-corrected chi connectivity index (χ1v) is 10.9. The van der Waals surface area contributed by atoms with E-state index in [4.69, 9.17) is 21.1 Å². The topological polar surface area (TPSA) is 46.3 Å². The van der Waals surface area contributed by atoms with Crippen molar-refractivity contribution in [3.8, 4) is 11.5 Å². The Bertz CT molecular complexity index is 1230. The Morgan fingerprint density at radius 2 is 1.90 bits per heavy atom. The Balaban J connectivity index is 1.51. The van der Waals surface area contributed by atoms with Crippen LogP contribution in [0.3, 0.4) is 0 Å². The summed E-state index contributed by atoms with van der Waals surface area (Å²) >= 11 is 6.46. The normalized spacial score (nSPS) is 15.6. The molecule has 0 saturated heterocycles. The van der Waals surface area contributed by atoms with E-state index in [0.29, 0.717) is 6.61 Å². The fourth-order valence-corrected chi connectivity index (χ4v) is 4.55. The monoisotopic (exact) mass is 432 g/mol. The van der Waals surface area contributed by atoms with E-state index in [1.807, 2.05) is 43.3 Å². The highest BCUT2D eigenvalue weighted by Gasteiger charge is 2.28. The van der Waals surface area contributed by atoms with Gasteiger partial charge in [0.2, 0.25) is 0 Å². The number of methoxy groups -OCH3 is 1. The van der Waals surface area contributed by atoms with E-state index in [1.165, 1.54) is 16.6 Å². The van der Waals surface area contributed by atoms with Gasteiger partial charge in [0.25, 0.3) is 0 Å². The number of aromatic amines is 1. The van der Waals surface area contributed by atoms with Crippen molar-refractivity contribution in [1.82, 2.24) is 10.3 Å². The van der Waals surface area contributed by atoms with Crippen LogP contribution < -0.4 is 14.8 Å². The molecule has 158 valence electrons. The first kappa shape index (κ1) is 20.0. The molecule has 4 nitrogen and oxygen atoms in total. The lowest BCUT2D eigenvalue weighted by molar-refractivity contribution is 0.306. The lowest BCUT2D eigenvalue weighted by Crippen LogP contribution is -2.30. The van der Waals surface area contributed by atoms with Crippen LogP contribution >= 0.6 is 11.6 Å². The van der Waals surface area contributed by atoms with Gasteiger partial charge in [-0.25, -0.2) is 0 Å². The molecule has 0 radical (unpaired) electrons. The van der Waals surface area contributed by atoms with Crippen molar-refractivity contribution in [3.63, 3.8) is 0 Å². The average Bonchev–Trinajstić information content (AvgIpc) is 3.18. The van der Waals surface area contributed by atoms with E-state index in [0.717, 1.165) is 51.7 Å². The number of aryl methyl sites for hydroxylation is 1. The van der Waals surface area contributed by atoms with Crippen molar-refractivity contribution in [3.05, 3.63) is 93.6 Å². The van der Waals surface area contributed by atoms with E-state index in [-0.39, 0.29) is 6.04 Å². The highest BCUT2D eigenvalue weighted by Crippen LogP contribution is 2.39. The molecule has 1 aromatic heterocycles. The molecule has 5 heteroatoms. The van der Waals surface area contributed by atoms with Crippen molar-refractivity contribution in [2.75, 3.05) is 13.7 Å². The highest BCUT2D eigenvalue weighted by atomic mass is 35.5. The van der Waals surface area contributed by atoms with Gasteiger partial charge in [-0.2, -0.15) is 0 Å². The number of hydrogen-bond donors (Lipinski definition) is 2. The lowest BCUT2D eigenvalue weighted by Gasteiger charge is -2.26. The molecule has 1 aliphatic heterocycles. The van der Waals surface area contributed by atoms with Gasteiger partial charge < -0.3 is 19.8 Å². The molecule has 0 saturated carbocycles. The number of halogens is 1. The quantitative estimate of drug-likeness (QED) is 0.409. The molecular weight excluding hydrogens is 408 g/mol. The molecule has 0 bridgehead atoms. The second kappa shape index (κ2) is 8.29. The van der Waals surface area contributed by atoms with Gasteiger partial charge in [-0.15, -0.1) is 0 Å². The molecule has 3 aromatic carbocycles. The molecule has 0 spiro atoms. The van der Waals surface area contributed by atoms with Gasteiger partial charge in [0.15, 0.2) is 0 Å². The van der Waals surface area contributed by atoms with E-state index < -0.39 is 0 Å². The molecule has 0 amide bonds. The van der Waals surface area contributed by atoms with E-state index in [9.17, 15) is 0 Å². The zero-order chi connectivity index (χ0) is 21.4. The molecule has 2 N–H and O–H groups in total. The fraction of sp³-hybridized carbons (Fsp3) is 0.231. The summed E-state index contributed by atoms with van der Waals surface area (Å²) in [7, 11) is 1.71. The molecular formula is C26H25ClN2O2. The number of fused-ring (bicyclic) bond motifs is 3. The maximum Gasteiger partial charge on any atom is 0.124 e. The maximum absolute atomic E-state index is 6.46. The molecule has 5 rings (SSSR count). The van der Waals surface area contributed by atoms with Gasteiger partial charge in [-0.05, 0) is 60.4 Å². The Labute approximate surface area is 187 Å². The second-order valence-electron chi connectivity index (χ2n) is 7.98. The van der Waals surface area contributed by atoms with Gasteiger partial charge in [-0.1, -0.05) is 41.9 Å². The van der Waals surface area contributed by atoms with Crippen LogP contribution in [0.25, 0.3) is 10.9 Å². The molecule has 31 heavy (non-hydrogen) atoms. The van der Waals surface area contributed by atoms with Gasteiger partial charge >= 0.3 is 0 Å². The number of ether oxygens (including phenoxy) is 2. The first-order chi connectivity index (χ1) is 15.1. The van der Waals surface area contributed by atoms with Crippen LogP contribution in [0.4, 0.5) is 0 Å². The van der Waals surface area contributed by atoms with Crippen LogP contribution in [0.2, 0.25) is 5.02 Å². The average molecular weight is 433 g/mol. The van der Waals surface area contributed by atoms with Crippen LogP contribution in [-0.2, 0) is 13.0 Å². The Hall–Kier alpha value is -2.95. The summed E-state index contributed by atoms with van der Waals surface area (Å²) < 4.78 is 11.8. The zero-order valence-corrected chi connectivity index (χ0v) is 18.4. The lowest BCUT2D eigenvalue weighted by atomic mass is 9.93. The standard InChI is InChI=1S/C26H25ClN2O2/c1-16-12-24(30-2)21(14-22(16)27)25-26-19(10-11-28-25)20-13-18(8-9-23(20)29-26)31-15-17-6-4-3-5-7-17/h3-9,12-14,25,28-29H,10-11,15H2,1-2H3. The second-order valence-corrected chi connectivity index (χ2v) is 8.39. The van der Waals surface area contributed by atoms with Gasteiger partial charge in [0.1, 0.15) is 18.1 Å². The van der Waals surface area contributed by atoms with E-state index >= 15 is 0 Å². The molecule has 1 aliphatic rings. The number of H-pyrrole nitrogens is 1. The summed E-state index contributed by atoms with van der Waals surface area (Å²) in [4.78, 5) is 3.63. The minimum atomic E-state index is -0.00196. The SMILES string of the molecule is COc1cc(C)c(Cl)cc1C1NCCc2c1[nH]c1ccc(OCc3ccccc3)cc21.